The van der Waals surface area contributed by atoms with Crippen LogP contribution in [0.2, 0.25) is 0 Å². The molecular formula is C20H22FN5. The van der Waals surface area contributed by atoms with Gasteiger partial charge >= 0.3 is 0 Å². The van der Waals surface area contributed by atoms with Gasteiger partial charge in [0.2, 0.25) is 0 Å². The number of piperazine rings is 1. The highest BCUT2D eigenvalue weighted by Gasteiger charge is 2.24. The lowest BCUT2D eigenvalue weighted by Gasteiger charge is -2.36. The molecule has 0 amide bonds. The Balaban J connectivity index is 1.44. The van der Waals surface area contributed by atoms with Crippen molar-refractivity contribution in [3.05, 3.63) is 83.7 Å². The second-order valence-corrected chi connectivity index (χ2v) is 6.64. The van der Waals surface area contributed by atoms with Crippen molar-refractivity contribution in [1.29, 1.82) is 0 Å². The molecule has 3 aromatic rings. The highest BCUT2D eigenvalue weighted by molar-refractivity contribution is 5.19. The number of rotatable bonds is 5. The molecule has 1 aliphatic rings. The van der Waals surface area contributed by atoms with Crippen LogP contribution in [0.3, 0.4) is 0 Å². The lowest BCUT2D eigenvalue weighted by Crippen LogP contribution is -2.45. The normalized spacial score (nSPS) is 18.1. The Morgan fingerprint density at radius 1 is 1.04 bits per heavy atom. The third-order valence-corrected chi connectivity index (χ3v) is 4.78. The number of pyridine rings is 1. The summed E-state index contributed by atoms with van der Waals surface area (Å²) in [5.41, 5.74) is 3.51. The first-order valence-electron chi connectivity index (χ1n) is 8.88. The summed E-state index contributed by atoms with van der Waals surface area (Å²) in [5, 5.41) is 7.95. The fourth-order valence-corrected chi connectivity index (χ4v) is 3.44. The zero-order chi connectivity index (χ0) is 17.8. The Labute approximate surface area is 152 Å². The lowest BCUT2D eigenvalue weighted by atomic mass is 10.0. The van der Waals surface area contributed by atoms with E-state index < -0.39 is 0 Å². The molecule has 1 N–H and O–H groups in total. The summed E-state index contributed by atoms with van der Waals surface area (Å²) < 4.78 is 14.9. The average Bonchev–Trinajstić information content (AvgIpc) is 3.12. The van der Waals surface area contributed by atoms with Gasteiger partial charge in [0.1, 0.15) is 5.82 Å². The highest BCUT2D eigenvalue weighted by Crippen LogP contribution is 2.23. The maximum Gasteiger partial charge on any atom is 0.123 e. The summed E-state index contributed by atoms with van der Waals surface area (Å²) in [6.45, 7) is 4.43. The molecule has 0 aliphatic carbocycles. The van der Waals surface area contributed by atoms with Crippen LogP contribution in [0.4, 0.5) is 4.39 Å². The SMILES string of the molecule is Fc1ccc(Cn2cc(CN3CCNCC3c3ccncc3)cn2)cc1. The summed E-state index contributed by atoms with van der Waals surface area (Å²) in [6.07, 6.45) is 7.70. The molecule has 3 heterocycles. The number of nitrogens with one attached hydrogen (secondary N) is 1. The minimum atomic E-state index is -0.212. The molecule has 5 nitrogen and oxygen atoms in total. The van der Waals surface area contributed by atoms with E-state index in [-0.39, 0.29) is 5.82 Å². The van der Waals surface area contributed by atoms with Crippen molar-refractivity contribution in [2.24, 2.45) is 0 Å². The largest absolute Gasteiger partial charge is 0.314 e. The minimum absolute atomic E-state index is 0.212. The van der Waals surface area contributed by atoms with E-state index in [1.54, 1.807) is 12.1 Å². The first kappa shape index (κ1) is 16.9. The third kappa shape index (κ3) is 3.98. The van der Waals surface area contributed by atoms with Crippen molar-refractivity contribution in [3.63, 3.8) is 0 Å². The zero-order valence-electron chi connectivity index (χ0n) is 14.6. The van der Waals surface area contributed by atoms with Gasteiger partial charge in [0, 0.05) is 56.4 Å². The molecule has 0 spiro atoms. The molecule has 4 rings (SSSR count). The Kier molecular flexibility index (Phi) is 5.04. The monoisotopic (exact) mass is 351 g/mol. The van der Waals surface area contributed by atoms with Crippen LogP contribution in [0.25, 0.3) is 0 Å². The number of aromatic nitrogens is 3. The van der Waals surface area contributed by atoms with Crippen LogP contribution < -0.4 is 5.32 Å². The van der Waals surface area contributed by atoms with Crippen molar-refractivity contribution in [2.75, 3.05) is 19.6 Å². The van der Waals surface area contributed by atoms with Gasteiger partial charge < -0.3 is 5.32 Å². The maximum absolute atomic E-state index is 13.0. The van der Waals surface area contributed by atoms with Crippen LogP contribution in [0.5, 0.6) is 0 Å². The Morgan fingerprint density at radius 2 is 1.85 bits per heavy atom. The number of benzene rings is 1. The quantitative estimate of drug-likeness (QED) is 0.768. The van der Waals surface area contributed by atoms with Crippen LogP contribution >= 0.6 is 0 Å². The number of nitrogens with zero attached hydrogens (tertiary/aromatic N) is 4. The van der Waals surface area contributed by atoms with Crippen LogP contribution in [-0.2, 0) is 13.1 Å². The summed E-state index contributed by atoms with van der Waals surface area (Å²) in [6, 6.07) is 11.1. The van der Waals surface area contributed by atoms with Gasteiger partial charge in [0.15, 0.2) is 0 Å². The van der Waals surface area contributed by atoms with Crippen LogP contribution in [0.1, 0.15) is 22.7 Å². The van der Waals surface area contributed by atoms with Crippen LogP contribution in [-0.4, -0.2) is 39.3 Å². The smallest absolute Gasteiger partial charge is 0.123 e. The van der Waals surface area contributed by atoms with Crippen molar-refractivity contribution in [1.82, 2.24) is 25.0 Å². The van der Waals surface area contributed by atoms with E-state index in [0.717, 1.165) is 31.7 Å². The molecule has 0 bridgehead atoms. The van der Waals surface area contributed by atoms with Gasteiger partial charge in [0.25, 0.3) is 0 Å². The molecule has 6 heteroatoms. The summed E-state index contributed by atoms with van der Waals surface area (Å²) in [4.78, 5) is 6.60. The van der Waals surface area contributed by atoms with Gasteiger partial charge in [-0.2, -0.15) is 5.10 Å². The number of halogens is 1. The van der Waals surface area contributed by atoms with Gasteiger partial charge in [0.05, 0.1) is 12.7 Å². The fraction of sp³-hybridized carbons (Fsp3) is 0.300. The molecule has 1 atom stereocenters. The van der Waals surface area contributed by atoms with Gasteiger partial charge in [-0.3, -0.25) is 14.6 Å². The molecule has 0 saturated carbocycles. The zero-order valence-corrected chi connectivity index (χ0v) is 14.6. The standard InChI is InChI=1S/C20H22FN5/c21-19-3-1-16(2-4-19)14-26-15-17(11-24-26)13-25-10-9-23-12-20(25)18-5-7-22-8-6-18/h1-8,11,15,20,23H,9-10,12-14H2. The molecule has 1 unspecified atom stereocenters. The summed E-state index contributed by atoms with van der Waals surface area (Å²) in [7, 11) is 0. The summed E-state index contributed by atoms with van der Waals surface area (Å²) in [5.74, 6) is -0.212. The first-order chi connectivity index (χ1) is 12.8. The van der Waals surface area contributed by atoms with Crippen LogP contribution in [0, 0.1) is 5.82 Å². The minimum Gasteiger partial charge on any atom is -0.314 e. The predicted octanol–water partition coefficient (Wildman–Crippen LogP) is 2.61. The molecule has 2 aromatic heterocycles. The number of hydrogen-bond acceptors (Lipinski definition) is 4. The average molecular weight is 351 g/mol. The number of hydrogen-bond donors (Lipinski definition) is 1. The van der Waals surface area contributed by atoms with Gasteiger partial charge in [-0.15, -0.1) is 0 Å². The molecule has 1 aliphatic heterocycles. The van der Waals surface area contributed by atoms with E-state index in [1.807, 2.05) is 23.3 Å². The van der Waals surface area contributed by atoms with Crippen LogP contribution in [0.15, 0.2) is 61.2 Å². The fourth-order valence-electron chi connectivity index (χ4n) is 3.44. The van der Waals surface area contributed by atoms with Crippen molar-refractivity contribution in [2.45, 2.75) is 19.1 Å². The third-order valence-electron chi connectivity index (χ3n) is 4.78. The van der Waals surface area contributed by atoms with Gasteiger partial charge in [-0.05, 0) is 35.4 Å². The molecule has 1 aromatic carbocycles. The van der Waals surface area contributed by atoms with E-state index in [2.05, 4.69) is 38.6 Å². The second-order valence-electron chi connectivity index (χ2n) is 6.64. The van der Waals surface area contributed by atoms with E-state index in [4.69, 9.17) is 0 Å². The van der Waals surface area contributed by atoms with Crippen molar-refractivity contribution < 1.29 is 4.39 Å². The van der Waals surface area contributed by atoms with E-state index >= 15 is 0 Å². The van der Waals surface area contributed by atoms with E-state index in [0.29, 0.717) is 12.6 Å². The lowest BCUT2D eigenvalue weighted by molar-refractivity contribution is 0.153. The van der Waals surface area contributed by atoms with E-state index in [9.17, 15) is 4.39 Å². The Morgan fingerprint density at radius 3 is 2.65 bits per heavy atom. The molecular weight excluding hydrogens is 329 g/mol. The molecule has 26 heavy (non-hydrogen) atoms. The Hall–Kier alpha value is -2.57. The molecule has 1 fully saturated rings. The second kappa shape index (κ2) is 7.76. The Bertz CT molecular complexity index is 831. The van der Waals surface area contributed by atoms with Crippen molar-refractivity contribution >= 4 is 0 Å². The topological polar surface area (TPSA) is 46.0 Å². The van der Waals surface area contributed by atoms with Gasteiger partial charge in [-0.25, -0.2) is 4.39 Å². The predicted molar refractivity (Wildman–Crippen MR) is 98.0 cm³/mol. The van der Waals surface area contributed by atoms with E-state index in [1.165, 1.54) is 23.3 Å². The maximum atomic E-state index is 13.0. The molecule has 1 saturated heterocycles. The van der Waals surface area contributed by atoms with Gasteiger partial charge in [-0.1, -0.05) is 12.1 Å². The molecule has 134 valence electrons. The highest BCUT2D eigenvalue weighted by atomic mass is 19.1. The first-order valence-corrected chi connectivity index (χ1v) is 8.88. The molecule has 0 radical (unpaired) electrons. The summed E-state index contributed by atoms with van der Waals surface area (Å²) >= 11 is 0. The van der Waals surface area contributed by atoms with Crippen molar-refractivity contribution in [3.8, 4) is 0 Å².